The number of rotatable bonds is 3. The molecule has 0 aliphatic carbocycles. The Labute approximate surface area is 254 Å². The predicted octanol–water partition coefficient (Wildman–Crippen LogP) is 11.3. The Bertz CT molecular complexity index is 2710. The fraction of sp³-hybridized carbons (Fsp3) is 0. The van der Waals surface area contributed by atoms with Crippen molar-refractivity contribution < 1.29 is 0 Å². The number of hydrogen-bond acceptors (Lipinski definition) is 0. The molecule has 0 saturated carbocycles. The highest BCUT2D eigenvalue weighted by molar-refractivity contribution is 6.26. The summed E-state index contributed by atoms with van der Waals surface area (Å²) in [4.78, 5) is 0. The summed E-state index contributed by atoms with van der Waals surface area (Å²) in [7, 11) is 0. The van der Waals surface area contributed by atoms with Crippen molar-refractivity contribution in [1.29, 1.82) is 0 Å². The molecule has 3 aromatic heterocycles. The monoisotopic (exact) mass is 558 g/mol. The zero-order chi connectivity index (χ0) is 28.8. The predicted molar refractivity (Wildman–Crippen MR) is 186 cm³/mol. The van der Waals surface area contributed by atoms with Crippen molar-refractivity contribution in [3.05, 3.63) is 158 Å². The molecule has 0 radical (unpaired) electrons. The van der Waals surface area contributed by atoms with Crippen molar-refractivity contribution in [1.82, 2.24) is 8.97 Å². The first-order valence-electron chi connectivity index (χ1n) is 15.2. The van der Waals surface area contributed by atoms with Gasteiger partial charge in [0.1, 0.15) is 0 Å². The van der Waals surface area contributed by atoms with E-state index in [-0.39, 0.29) is 0 Å². The van der Waals surface area contributed by atoms with Crippen LogP contribution in [0.4, 0.5) is 0 Å². The van der Waals surface area contributed by atoms with Gasteiger partial charge < -0.3 is 8.97 Å². The third kappa shape index (κ3) is 3.14. The van der Waals surface area contributed by atoms with Crippen LogP contribution in [-0.4, -0.2) is 8.97 Å². The molecule has 10 rings (SSSR count). The lowest BCUT2D eigenvalue weighted by molar-refractivity contribution is 1.18. The fourth-order valence-electron chi connectivity index (χ4n) is 7.59. The third-order valence-corrected chi connectivity index (χ3v) is 9.44. The summed E-state index contributed by atoms with van der Waals surface area (Å²) in [5.41, 5.74) is 12.4. The van der Waals surface area contributed by atoms with Crippen LogP contribution in [0.5, 0.6) is 0 Å². The van der Waals surface area contributed by atoms with Crippen LogP contribution in [0.3, 0.4) is 0 Å². The van der Waals surface area contributed by atoms with Crippen molar-refractivity contribution in [3.63, 3.8) is 0 Å². The number of aromatic nitrogens is 2. The Morgan fingerprint density at radius 1 is 0.341 bits per heavy atom. The first-order chi connectivity index (χ1) is 21.8. The summed E-state index contributed by atoms with van der Waals surface area (Å²) < 4.78 is 4.89. The van der Waals surface area contributed by atoms with Gasteiger partial charge in [-0.25, -0.2) is 0 Å². The molecule has 10 aromatic rings. The lowest BCUT2D eigenvalue weighted by Crippen LogP contribution is -1.94. The van der Waals surface area contributed by atoms with Gasteiger partial charge in [0, 0.05) is 38.0 Å². The maximum Gasteiger partial charge on any atom is 0.0620 e. The Morgan fingerprint density at radius 2 is 0.977 bits per heavy atom. The highest BCUT2D eigenvalue weighted by Gasteiger charge is 2.20. The summed E-state index contributed by atoms with van der Waals surface area (Å²) in [5, 5.41) is 7.77. The fourth-order valence-corrected chi connectivity index (χ4v) is 7.59. The first kappa shape index (κ1) is 23.7. The molecule has 0 aliphatic rings. The first-order valence-corrected chi connectivity index (χ1v) is 15.2. The van der Waals surface area contributed by atoms with Crippen LogP contribution >= 0.6 is 0 Å². The molecule has 0 saturated heterocycles. The number of benzene rings is 7. The second-order valence-corrected chi connectivity index (χ2v) is 11.8. The molecule has 3 heterocycles. The van der Waals surface area contributed by atoms with E-state index < -0.39 is 0 Å². The average Bonchev–Trinajstić information content (AvgIpc) is 3.74. The minimum Gasteiger partial charge on any atom is -0.309 e. The molecule has 7 aromatic carbocycles. The van der Waals surface area contributed by atoms with E-state index in [1.807, 2.05) is 0 Å². The lowest BCUT2D eigenvalue weighted by atomic mass is 9.97. The molecule has 2 heteroatoms. The van der Waals surface area contributed by atoms with Gasteiger partial charge in [-0.3, -0.25) is 0 Å². The van der Waals surface area contributed by atoms with Crippen molar-refractivity contribution in [2.45, 2.75) is 0 Å². The molecule has 204 valence electrons. The van der Waals surface area contributed by atoms with Gasteiger partial charge in [0.2, 0.25) is 0 Å². The summed E-state index contributed by atoms with van der Waals surface area (Å²) >= 11 is 0. The van der Waals surface area contributed by atoms with Gasteiger partial charge in [-0.2, -0.15) is 0 Å². The topological polar surface area (TPSA) is 9.34 Å². The van der Waals surface area contributed by atoms with Gasteiger partial charge in [0.15, 0.2) is 0 Å². The van der Waals surface area contributed by atoms with Gasteiger partial charge >= 0.3 is 0 Å². The van der Waals surface area contributed by atoms with Crippen LogP contribution in [-0.2, 0) is 0 Å². The second-order valence-electron chi connectivity index (χ2n) is 11.8. The van der Waals surface area contributed by atoms with Gasteiger partial charge in [-0.15, -0.1) is 0 Å². The smallest absolute Gasteiger partial charge is 0.0620 e. The number of nitrogens with zero attached hydrogens (tertiary/aromatic N) is 2. The molecular formula is C42H26N2. The van der Waals surface area contributed by atoms with E-state index in [0.717, 1.165) is 0 Å². The van der Waals surface area contributed by atoms with Crippen LogP contribution in [0, 0.1) is 0 Å². The van der Waals surface area contributed by atoms with Crippen LogP contribution < -0.4 is 0 Å². The van der Waals surface area contributed by atoms with Crippen LogP contribution in [0.15, 0.2) is 158 Å². The highest BCUT2D eigenvalue weighted by Crippen LogP contribution is 2.43. The van der Waals surface area contributed by atoms with E-state index in [2.05, 4.69) is 167 Å². The largest absolute Gasteiger partial charge is 0.309 e. The Kier molecular flexibility index (Phi) is 4.75. The van der Waals surface area contributed by atoms with Crippen molar-refractivity contribution in [3.8, 4) is 27.9 Å². The van der Waals surface area contributed by atoms with E-state index in [1.165, 1.54) is 87.8 Å². The molecule has 0 aliphatic heterocycles. The van der Waals surface area contributed by atoms with Gasteiger partial charge in [0.05, 0.1) is 27.6 Å². The quantitative estimate of drug-likeness (QED) is 0.204. The normalized spacial score (nSPS) is 12.1. The van der Waals surface area contributed by atoms with Crippen molar-refractivity contribution in [2.24, 2.45) is 0 Å². The molecule has 0 amide bonds. The Hall–Kier alpha value is -5.86. The Morgan fingerprint density at radius 3 is 1.86 bits per heavy atom. The maximum atomic E-state index is 2.46. The average molecular weight is 559 g/mol. The zero-order valence-corrected chi connectivity index (χ0v) is 23.9. The summed E-state index contributed by atoms with van der Waals surface area (Å²) in [6.07, 6.45) is 0. The lowest BCUT2D eigenvalue weighted by Gasteiger charge is -2.12. The second kappa shape index (κ2) is 8.82. The molecule has 0 N–H and O–H groups in total. The maximum absolute atomic E-state index is 2.46. The molecule has 0 unspecified atom stereocenters. The summed E-state index contributed by atoms with van der Waals surface area (Å²) in [6.45, 7) is 0. The molecule has 2 nitrogen and oxygen atoms in total. The van der Waals surface area contributed by atoms with Crippen LogP contribution in [0.25, 0.3) is 87.8 Å². The van der Waals surface area contributed by atoms with Crippen molar-refractivity contribution >= 4 is 59.9 Å². The van der Waals surface area contributed by atoms with Gasteiger partial charge in [-0.1, -0.05) is 121 Å². The number of fused-ring (bicyclic) bond motifs is 9. The minimum atomic E-state index is 1.17. The Balaban J connectivity index is 1.27. The summed E-state index contributed by atoms with van der Waals surface area (Å²) in [5.74, 6) is 0. The van der Waals surface area contributed by atoms with E-state index in [0.29, 0.717) is 0 Å². The molecule has 0 spiro atoms. The minimum absolute atomic E-state index is 1.17. The molecule has 0 fully saturated rings. The van der Waals surface area contributed by atoms with Crippen molar-refractivity contribution in [2.75, 3.05) is 0 Å². The van der Waals surface area contributed by atoms with Crippen LogP contribution in [0.1, 0.15) is 0 Å². The van der Waals surface area contributed by atoms with E-state index in [9.17, 15) is 0 Å². The van der Waals surface area contributed by atoms with E-state index >= 15 is 0 Å². The van der Waals surface area contributed by atoms with Crippen LogP contribution in [0.2, 0.25) is 0 Å². The van der Waals surface area contributed by atoms with Gasteiger partial charge in [0.25, 0.3) is 0 Å². The molecule has 44 heavy (non-hydrogen) atoms. The summed E-state index contributed by atoms with van der Waals surface area (Å²) in [6, 6.07) is 57.6. The number of para-hydroxylation sites is 3. The third-order valence-electron chi connectivity index (χ3n) is 9.44. The zero-order valence-electron chi connectivity index (χ0n) is 23.9. The molecule has 0 bridgehead atoms. The van der Waals surface area contributed by atoms with E-state index in [4.69, 9.17) is 0 Å². The highest BCUT2D eigenvalue weighted by atomic mass is 15.0. The van der Waals surface area contributed by atoms with Gasteiger partial charge in [-0.05, 0) is 58.7 Å². The number of hydrogen-bond donors (Lipinski definition) is 0. The standard InChI is InChI=1S/C42H26N2/c1-2-11-27(12-3-1)28-13-8-14-30(25-28)43-37-20-6-4-15-32(37)34-24-23-29(26-40(34)43)31-17-10-22-39-41(31)36-19-9-18-35-33-16-5-7-21-38(33)44(39)42(35)36/h1-26H. The molecular weight excluding hydrogens is 532 g/mol. The SMILES string of the molecule is c1ccc(-c2cccc(-n3c4ccccc4c4ccc(-c5cccc6c5c5cccc7c8ccccc8n6c75)cc43)c2)cc1. The van der Waals surface area contributed by atoms with E-state index in [1.54, 1.807) is 0 Å². The molecule has 0 atom stereocenters.